The van der Waals surface area contributed by atoms with Crippen LogP contribution in [-0.2, 0) is 6.42 Å². The number of amides is 1. The first kappa shape index (κ1) is 17.9. The van der Waals surface area contributed by atoms with E-state index in [2.05, 4.69) is 22.8 Å². The van der Waals surface area contributed by atoms with E-state index in [1.165, 1.54) is 5.56 Å². The molecule has 0 heterocycles. The summed E-state index contributed by atoms with van der Waals surface area (Å²) in [6.45, 7) is 4.47. The summed E-state index contributed by atoms with van der Waals surface area (Å²) in [5.41, 5.74) is 1.73. The highest BCUT2D eigenvalue weighted by Gasteiger charge is 2.09. The van der Waals surface area contributed by atoms with Gasteiger partial charge in [0.15, 0.2) is 5.11 Å². The van der Waals surface area contributed by atoms with E-state index in [0.717, 1.165) is 6.42 Å². The van der Waals surface area contributed by atoms with E-state index in [1.54, 1.807) is 18.2 Å². The second kappa shape index (κ2) is 9.03. The summed E-state index contributed by atoms with van der Waals surface area (Å²) >= 11 is 5.09. The second-order valence-corrected chi connectivity index (χ2v) is 6.10. The summed E-state index contributed by atoms with van der Waals surface area (Å²) in [5.74, 6) is 0.419. The van der Waals surface area contributed by atoms with Crippen molar-refractivity contribution in [3.8, 4) is 5.75 Å². The topological polar surface area (TPSA) is 50.4 Å². The third-order valence-corrected chi connectivity index (χ3v) is 3.47. The highest BCUT2D eigenvalue weighted by molar-refractivity contribution is 7.80. The van der Waals surface area contributed by atoms with Gasteiger partial charge in [0, 0.05) is 18.0 Å². The van der Waals surface area contributed by atoms with Crippen molar-refractivity contribution >= 4 is 23.2 Å². The van der Waals surface area contributed by atoms with Crippen molar-refractivity contribution in [3.05, 3.63) is 65.7 Å². The number of ether oxygens (including phenoxy) is 1. The van der Waals surface area contributed by atoms with E-state index in [9.17, 15) is 4.79 Å². The number of thiocarbonyl (C=S) groups is 1. The average Bonchev–Trinajstić information content (AvgIpc) is 2.55. The molecule has 2 N–H and O–H groups in total. The van der Waals surface area contributed by atoms with Gasteiger partial charge in [-0.3, -0.25) is 10.1 Å². The second-order valence-electron chi connectivity index (χ2n) is 5.69. The van der Waals surface area contributed by atoms with E-state index < -0.39 is 0 Å². The molecule has 126 valence electrons. The molecule has 24 heavy (non-hydrogen) atoms. The Morgan fingerprint density at radius 3 is 2.58 bits per heavy atom. The molecular weight excluding hydrogens is 320 g/mol. The number of carbonyl (C=O) groups is 1. The Kier molecular flexibility index (Phi) is 6.75. The van der Waals surface area contributed by atoms with E-state index >= 15 is 0 Å². The molecule has 2 rings (SSSR count). The van der Waals surface area contributed by atoms with Crippen LogP contribution in [0.4, 0.5) is 0 Å². The minimum atomic E-state index is -0.248. The lowest BCUT2D eigenvalue weighted by molar-refractivity contribution is 0.0976. The Morgan fingerprint density at radius 1 is 1.12 bits per heavy atom. The van der Waals surface area contributed by atoms with E-state index in [1.807, 2.05) is 38.1 Å². The largest absolute Gasteiger partial charge is 0.493 e. The molecule has 4 nitrogen and oxygen atoms in total. The molecule has 0 unspecified atom stereocenters. The van der Waals surface area contributed by atoms with Crippen molar-refractivity contribution in [3.63, 3.8) is 0 Å². The van der Waals surface area contributed by atoms with Crippen molar-refractivity contribution in [2.24, 2.45) is 0 Å². The molecule has 0 radical (unpaired) electrons. The fraction of sp³-hybridized carbons (Fsp3) is 0.263. The molecule has 1 amide bonds. The lowest BCUT2D eigenvalue weighted by atomic mass is 10.2. The third kappa shape index (κ3) is 6.01. The lowest BCUT2D eigenvalue weighted by Crippen LogP contribution is -2.42. The molecule has 0 spiro atoms. The van der Waals surface area contributed by atoms with Crippen LogP contribution in [0.25, 0.3) is 0 Å². The maximum atomic E-state index is 12.2. The predicted molar refractivity (Wildman–Crippen MR) is 100 cm³/mol. The Bertz CT molecular complexity index is 687. The molecule has 0 bridgehead atoms. The predicted octanol–water partition coefficient (Wildman–Crippen LogP) is 3.32. The van der Waals surface area contributed by atoms with Crippen LogP contribution >= 0.6 is 12.2 Å². The Labute approximate surface area is 148 Å². The van der Waals surface area contributed by atoms with E-state index in [0.29, 0.717) is 23.0 Å². The fourth-order valence-corrected chi connectivity index (χ4v) is 2.46. The first-order valence-electron chi connectivity index (χ1n) is 7.93. The molecular formula is C19H22N2O2S. The first-order chi connectivity index (χ1) is 11.5. The molecule has 0 aliphatic rings. The zero-order valence-electron chi connectivity index (χ0n) is 13.9. The van der Waals surface area contributed by atoms with Gasteiger partial charge < -0.3 is 10.1 Å². The first-order valence-corrected chi connectivity index (χ1v) is 8.34. The van der Waals surface area contributed by atoms with Gasteiger partial charge in [-0.1, -0.05) is 36.4 Å². The van der Waals surface area contributed by atoms with Crippen LogP contribution in [0.5, 0.6) is 5.75 Å². The highest BCUT2D eigenvalue weighted by Crippen LogP contribution is 2.14. The standard InChI is InChI=1S/C19H22N2O2S/c1-14(2)20-19(24)21-18(22)16-9-6-10-17(13-16)23-12-11-15-7-4-3-5-8-15/h3-10,13-14H,11-12H2,1-2H3,(H2,20,21,22,24). The van der Waals surface area contributed by atoms with Gasteiger partial charge in [0.1, 0.15) is 5.75 Å². The maximum Gasteiger partial charge on any atom is 0.257 e. The minimum Gasteiger partial charge on any atom is -0.493 e. The molecule has 0 atom stereocenters. The molecule has 0 aliphatic heterocycles. The van der Waals surface area contributed by atoms with Gasteiger partial charge in [0.05, 0.1) is 6.61 Å². The summed E-state index contributed by atoms with van der Waals surface area (Å²) in [4.78, 5) is 12.2. The number of carbonyl (C=O) groups excluding carboxylic acids is 1. The smallest absolute Gasteiger partial charge is 0.257 e. The minimum absolute atomic E-state index is 0.172. The molecule has 2 aromatic carbocycles. The Morgan fingerprint density at radius 2 is 1.88 bits per heavy atom. The molecule has 0 aromatic heterocycles. The number of rotatable bonds is 6. The maximum absolute atomic E-state index is 12.2. The molecule has 0 saturated carbocycles. The zero-order valence-corrected chi connectivity index (χ0v) is 14.7. The molecule has 0 fully saturated rings. The van der Waals surface area contributed by atoms with Crippen LogP contribution in [0.15, 0.2) is 54.6 Å². The zero-order chi connectivity index (χ0) is 17.4. The highest BCUT2D eigenvalue weighted by atomic mass is 32.1. The van der Waals surface area contributed by atoms with Gasteiger partial charge in [0.25, 0.3) is 5.91 Å². The molecule has 2 aromatic rings. The Balaban J connectivity index is 1.88. The van der Waals surface area contributed by atoms with Crippen LogP contribution in [0.3, 0.4) is 0 Å². The van der Waals surface area contributed by atoms with E-state index in [-0.39, 0.29) is 11.9 Å². The van der Waals surface area contributed by atoms with Crippen molar-refractivity contribution in [2.75, 3.05) is 6.61 Å². The Hall–Kier alpha value is -2.40. The summed E-state index contributed by atoms with van der Waals surface area (Å²) < 4.78 is 5.74. The van der Waals surface area contributed by atoms with Gasteiger partial charge in [-0.25, -0.2) is 0 Å². The quantitative estimate of drug-likeness (QED) is 0.791. The normalized spacial score (nSPS) is 10.3. The summed E-state index contributed by atoms with van der Waals surface area (Å²) in [6, 6.07) is 17.4. The number of benzene rings is 2. The van der Waals surface area contributed by atoms with Crippen LogP contribution in [0.1, 0.15) is 29.8 Å². The number of hydrogen-bond donors (Lipinski definition) is 2. The number of nitrogens with one attached hydrogen (secondary N) is 2. The van der Waals surface area contributed by atoms with Gasteiger partial charge in [0.2, 0.25) is 0 Å². The summed E-state index contributed by atoms with van der Waals surface area (Å²) in [7, 11) is 0. The summed E-state index contributed by atoms with van der Waals surface area (Å²) in [6.07, 6.45) is 0.819. The number of hydrogen-bond acceptors (Lipinski definition) is 3. The van der Waals surface area contributed by atoms with Crippen LogP contribution in [0.2, 0.25) is 0 Å². The van der Waals surface area contributed by atoms with Crippen molar-refractivity contribution in [1.82, 2.24) is 10.6 Å². The van der Waals surface area contributed by atoms with Gasteiger partial charge >= 0.3 is 0 Å². The van der Waals surface area contributed by atoms with Crippen molar-refractivity contribution < 1.29 is 9.53 Å². The van der Waals surface area contributed by atoms with Crippen LogP contribution < -0.4 is 15.4 Å². The SMILES string of the molecule is CC(C)NC(=S)NC(=O)c1cccc(OCCc2ccccc2)c1. The summed E-state index contributed by atoms with van der Waals surface area (Å²) in [5, 5.41) is 5.97. The van der Waals surface area contributed by atoms with Crippen molar-refractivity contribution in [1.29, 1.82) is 0 Å². The lowest BCUT2D eigenvalue weighted by Gasteiger charge is -2.12. The van der Waals surface area contributed by atoms with Crippen LogP contribution in [-0.4, -0.2) is 23.7 Å². The third-order valence-electron chi connectivity index (χ3n) is 3.25. The van der Waals surface area contributed by atoms with Crippen molar-refractivity contribution in [2.45, 2.75) is 26.3 Å². The molecule has 0 aliphatic carbocycles. The fourth-order valence-electron chi connectivity index (χ4n) is 2.13. The van der Waals surface area contributed by atoms with Gasteiger partial charge in [-0.15, -0.1) is 0 Å². The molecule has 5 heteroatoms. The van der Waals surface area contributed by atoms with Gasteiger partial charge in [-0.2, -0.15) is 0 Å². The van der Waals surface area contributed by atoms with Gasteiger partial charge in [-0.05, 0) is 49.8 Å². The average molecular weight is 342 g/mol. The van der Waals surface area contributed by atoms with Crippen LogP contribution in [0, 0.1) is 0 Å². The molecule has 0 saturated heterocycles. The monoisotopic (exact) mass is 342 g/mol. The van der Waals surface area contributed by atoms with E-state index in [4.69, 9.17) is 17.0 Å².